The standard InChI is InChI=1S/C23H26N4O3/c1-14(2)30-23(29)24-16-10-11-27(13-16)22-17-9-8-15(3)12-19(17)25-21(26-22)18-6-4-5-7-20(18)28/h4-9,12,14,16,28H,10-11,13H2,1-3H3,(H,24,29). The highest BCUT2D eigenvalue weighted by molar-refractivity contribution is 5.92. The van der Waals surface area contributed by atoms with Crippen LogP contribution in [0.3, 0.4) is 0 Å². The molecule has 30 heavy (non-hydrogen) atoms. The number of phenols is 1. The van der Waals surface area contributed by atoms with Gasteiger partial charge in [0.2, 0.25) is 0 Å². The van der Waals surface area contributed by atoms with Crippen molar-refractivity contribution in [2.45, 2.75) is 39.3 Å². The SMILES string of the molecule is Cc1ccc2c(N3CCC(NC(=O)OC(C)C)C3)nc(-c3ccccc3O)nc2c1. The van der Waals surface area contributed by atoms with E-state index < -0.39 is 6.09 Å². The molecule has 1 fully saturated rings. The minimum Gasteiger partial charge on any atom is -0.507 e. The van der Waals surface area contributed by atoms with Crippen LogP contribution in [-0.2, 0) is 4.74 Å². The Morgan fingerprint density at radius 1 is 1.23 bits per heavy atom. The molecule has 1 aromatic heterocycles. The second-order valence-corrected chi connectivity index (χ2v) is 7.94. The molecule has 0 aliphatic carbocycles. The lowest BCUT2D eigenvalue weighted by Gasteiger charge is -2.21. The molecule has 0 bridgehead atoms. The van der Waals surface area contributed by atoms with Gasteiger partial charge in [-0.1, -0.05) is 18.2 Å². The highest BCUT2D eigenvalue weighted by atomic mass is 16.6. The van der Waals surface area contributed by atoms with Gasteiger partial charge in [0, 0.05) is 18.5 Å². The Morgan fingerprint density at radius 2 is 2.03 bits per heavy atom. The number of nitrogens with zero attached hydrogens (tertiary/aromatic N) is 3. The number of amides is 1. The highest BCUT2D eigenvalue weighted by Gasteiger charge is 2.27. The summed E-state index contributed by atoms with van der Waals surface area (Å²) in [6, 6.07) is 13.2. The van der Waals surface area contributed by atoms with Crippen LogP contribution >= 0.6 is 0 Å². The molecule has 1 saturated heterocycles. The zero-order valence-corrected chi connectivity index (χ0v) is 17.4. The van der Waals surface area contributed by atoms with Crippen LogP contribution < -0.4 is 10.2 Å². The summed E-state index contributed by atoms with van der Waals surface area (Å²) in [4.78, 5) is 23.7. The molecule has 7 heteroatoms. The fourth-order valence-electron chi connectivity index (χ4n) is 3.73. The van der Waals surface area contributed by atoms with Crippen molar-refractivity contribution < 1.29 is 14.6 Å². The largest absolute Gasteiger partial charge is 0.507 e. The fraction of sp³-hybridized carbons (Fsp3) is 0.348. The molecule has 0 saturated carbocycles. The van der Waals surface area contributed by atoms with Crippen molar-refractivity contribution in [3.63, 3.8) is 0 Å². The average Bonchev–Trinajstić information content (AvgIpc) is 3.14. The normalized spacial score (nSPS) is 16.3. The number of alkyl carbamates (subject to hydrolysis) is 1. The maximum absolute atomic E-state index is 12.0. The quantitative estimate of drug-likeness (QED) is 0.680. The van der Waals surface area contributed by atoms with E-state index in [1.54, 1.807) is 12.1 Å². The van der Waals surface area contributed by atoms with Gasteiger partial charge in [-0.3, -0.25) is 0 Å². The number of benzene rings is 2. The van der Waals surface area contributed by atoms with Gasteiger partial charge in [0.25, 0.3) is 0 Å². The van der Waals surface area contributed by atoms with Crippen LogP contribution in [-0.4, -0.2) is 46.4 Å². The maximum atomic E-state index is 12.0. The summed E-state index contributed by atoms with van der Waals surface area (Å²) in [5.41, 5.74) is 2.53. The third kappa shape index (κ3) is 4.15. The number of aromatic hydroxyl groups is 1. The van der Waals surface area contributed by atoms with Crippen molar-refractivity contribution in [1.29, 1.82) is 0 Å². The number of nitrogens with one attached hydrogen (secondary N) is 1. The van der Waals surface area contributed by atoms with Crippen LogP contribution in [0.1, 0.15) is 25.8 Å². The first-order valence-corrected chi connectivity index (χ1v) is 10.2. The number of aryl methyl sites for hydroxylation is 1. The molecular formula is C23H26N4O3. The highest BCUT2D eigenvalue weighted by Crippen LogP contribution is 2.33. The molecule has 7 nitrogen and oxygen atoms in total. The number of hydrogen-bond acceptors (Lipinski definition) is 6. The molecule has 1 aliphatic rings. The Kier molecular flexibility index (Phi) is 5.44. The third-order valence-electron chi connectivity index (χ3n) is 5.13. The van der Waals surface area contributed by atoms with Gasteiger partial charge in [-0.25, -0.2) is 14.8 Å². The molecule has 1 amide bonds. The summed E-state index contributed by atoms with van der Waals surface area (Å²) >= 11 is 0. The fourth-order valence-corrected chi connectivity index (χ4v) is 3.73. The van der Waals surface area contributed by atoms with Crippen molar-refractivity contribution in [3.8, 4) is 17.1 Å². The van der Waals surface area contributed by atoms with Crippen molar-refractivity contribution in [2.75, 3.05) is 18.0 Å². The van der Waals surface area contributed by atoms with E-state index in [0.29, 0.717) is 17.9 Å². The maximum Gasteiger partial charge on any atom is 0.407 e. The lowest BCUT2D eigenvalue weighted by atomic mass is 10.1. The van der Waals surface area contributed by atoms with E-state index in [4.69, 9.17) is 14.7 Å². The molecule has 156 valence electrons. The van der Waals surface area contributed by atoms with E-state index in [2.05, 4.69) is 10.2 Å². The van der Waals surface area contributed by atoms with E-state index in [1.165, 1.54) is 0 Å². The molecule has 2 N–H and O–H groups in total. The van der Waals surface area contributed by atoms with E-state index in [1.807, 2.05) is 51.1 Å². The Morgan fingerprint density at radius 3 is 2.80 bits per heavy atom. The number of carbonyl (C=O) groups excluding carboxylic acids is 1. The smallest absolute Gasteiger partial charge is 0.407 e. The lowest BCUT2D eigenvalue weighted by Crippen LogP contribution is -2.38. The number of fused-ring (bicyclic) bond motifs is 1. The first-order chi connectivity index (χ1) is 14.4. The van der Waals surface area contributed by atoms with Crippen LogP contribution in [0, 0.1) is 6.92 Å². The predicted molar refractivity (Wildman–Crippen MR) is 117 cm³/mol. The second kappa shape index (κ2) is 8.18. The Bertz CT molecular complexity index is 1080. The summed E-state index contributed by atoms with van der Waals surface area (Å²) in [6.45, 7) is 7.07. The van der Waals surface area contributed by atoms with Crippen molar-refractivity contribution in [3.05, 3.63) is 48.0 Å². The monoisotopic (exact) mass is 406 g/mol. The Labute approximate surface area is 175 Å². The summed E-state index contributed by atoms with van der Waals surface area (Å²) in [6.07, 6.45) is 0.254. The first kappa shape index (κ1) is 19.9. The van der Waals surface area contributed by atoms with Crippen LogP contribution in [0.15, 0.2) is 42.5 Å². The number of hydrogen-bond donors (Lipinski definition) is 2. The molecule has 3 aromatic rings. The number of aromatic nitrogens is 2. The Hall–Kier alpha value is -3.35. The minimum atomic E-state index is -0.394. The summed E-state index contributed by atoms with van der Waals surface area (Å²) in [7, 11) is 0. The van der Waals surface area contributed by atoms with E-state index in [0.717, 1.165) is 35.2 Å². The summed E-state index contributed by atoms with van der Waals surface area (Å²) in [5, 5.41) is 14.2. The molecular weight excluding hydrogens is 380 g/mol. The molecule has 1 unspecified atom stereocenters. The van der Waals surface area contributed by atoms with Crippen LogP contribution in [0.4, 0.5) is 10.6 Å². The summed E-state index contributed by atoms with van der Waals surface area (Å²) < 4.78 is 5.20. The zero-order valence-electron chi connectivity index (χ0n) is 17.4. The molecule has 4 rings (SSSR count). The van der Waals surface area contributed by atoms with Crippen molar-refractivity contribution >= 4 is 22.8 Å². The minimum absolute atomic E-state index is 0.0136. The topological polar surface area (TPSA) is 87.6 Å². The van der Waals surface area contributed by atoms with E-state index >= 15 is 0 Å². The van der Waals surface area contributed by atoms with Gasteiger partial charge in [-0.15, -0.1) is 0 Å². The van der Waals surface area contributed by atoms with Gasteiger partial charge in [-0.2, -0.15) is 0 Å². The van der Waals surface area contributed by atoms with Crippen LogP contribution in [0.25, 0.3) is 22.3 Å². The van der Waals surface area contributed by atoms with Crippen molar-refractivity contribution in [1.82, 2.24) is 15.3 Å². The average molecular weight is 406 g/mol. The van der Waals surface area contributed by atoms with Gasteiger partial charge in [0.15, 0.2) is 5.82 Å². The van der Waals surface area contributed by atoms with E-state index in [9.17, 15) is 9.90 Å². The second-order valence-electron chi connectivity index (χ2n) is 7.94. The molecule has 0 spiro atoms. The molecule has 2 heterocycles. The third-order valence-corrected chi connectivity index (χ3v) is 5.13. The number of phenolic OH excluding ortho intramolecular Hbond substituents is 1. The van der Waals surface area contributed by atoms with Gasteiger partial charge in [0.05, 0.1) is 23.2 Å². The van der Waals surface area contributed by atoms with Crippen LogP contribution in [0.5, 0.6) is 5.75 Å². The first-order valence-electron chi connectivity index (χ1n) is 10.2. The number of para-hydroxylation sites is 1. The predicted octanol–water partition coefficient (Wildman–Crippen LogP) is 4.02. The number of rotatable bonds is 4. The number of anilines is 1. The van der Waals surface area contributed by atoms with Crippen molar-refractivity contribution in [2.24, 2.45) is 0 Å². The van der Waals surface area contributed by atoms with Gasteiger partial charge < -0.3 is 20.1 Å². The Balaban J connectivity index is 1.68. The molecule has 1 aliphatic heterocycles. The molecule has 1 atom stereocenters. The van der Waals surface area contributed by atoms with Gasteiger partial charge >= 0.3 is 6.09 Å². The lowest BCUT2D eigenvalue weighted by molar-refractivity contribution is 0.113. The van der Waals surface area contributed by atoms with Gasteiger partial charge in [-0.05, 0) is 57.0 Å². The summed E-state index contributed by atoms with van der Waals surface area (Å²) in [5.74, 6) is 1.43. The molecule has 2 aromatic carbocycles. The van der Waals surface area contributed by atoms with Crippen LogP contribution in [0.2, 0.25) is 0 Å². The number of carbonyl (C=O) groups is 1. The van der Waals surface area contributed by atoms with E-state index in [-0.39, 0.29) is 17.9 Å². The number of ether oxygens (including phenoxy) is 1. The molecule has 0 radical (unpaired) electrons. The zero-order chi connectivity index (χ0) is 21.3. The van der Waals surface area contributed by atoms with Gasteiger partial charge in [0.1, 0.15) is 11.6 Å².